The number of anilines is 1. The molecule has 1 aromatic carbocycles. The summed E-state index contributed by atoms with van der Waals surface area (Å²) in [5.74, 6) is 2.82. The van der Waals surface area contributed by atoms with Crippen LogP contribution in [0.5, 0.6) is 11.5 Å². The van der Waals surface area contributed by atoms with Gasteiger partial charge in [0, 0.05) is 41.7 Å². The topological polar surface area (TPSA) is 60.4 Å². The molecular formula is C20H22N4O2. The quantitative estimate of drug-likeness (QED) is 0.718. The van der Waals surface area contributed by atoms with E-state index in [0.29, 0.717) is 17.4 Å². The van der Waals surface area contributed by atoms with Gasteiger partial charge in [-0.2, -0.15) is 5.10 Å². The van der Waals surface area contributed by atoms with Crippen LogP contribution in [0.4, 0.5) is 5.82 Å². The fraction of sp³-hybridized carbons (Fsp3) is 0.350. The molecule has 0 saturated carbocycles. The third kappa shape index (κ3) is 3.03. The number of methoxy groups -OCH3 is 2. The van der Waals surface area contributed by atoms with Gasteiger partial charge in [0.1, 0.15) is 0 Å². The molecule has 1 aliphatic heterocycles. The van der Waals surface area contributed by atoms with E-state index in [4.69, 9.17) is 9.47 Å². The van der Waals surface area contributed by atoms with Gasteiger partial charge in [-0.3, -0.25) is 4.98 Å². The summed E-state index contributed by atoms with van der Waals surface area (Å²) in [4.78, 5) is 6.82. The largest absolute Gasteiger partial charge is 0.493 e. The minimum Gasteiger partial charge on any atom is -0.493 e. The van der Waals surface area contributed by atoms with Gasteiger partial charge < -0.3 is 14.4 Å². The average molecular weight is 350 g/mol. The highest BCUT2D eigenvalue weighted by molar-refractivity contribution is 5.94. The van der Waals surface area contributed by atoms with Gasteiger partial charge in [0.25, 0.3) is 0 Å². The summed E-state index contributed by atoms with van der Waals surface area (Å²) in [5.41, 5.74) is 1.18. The molecule has 0 bridgehead atoms. The standard InChI is InChI=1S/C20H22N4O2/c1-25-18-11-15-13-22-23-20(16(15)12-19(18)26-2)24-9-6-14(7-10-24)17-5-3-4-8-21-17/h3-5,8,11-14H,6-7,9-10H2,1-2H3. The summed E-state index contributed by atoms with van der Waals surface area (Å²) in [6, 6.07) is 10.1. The first-order valence-electron chi connectivity index (χ1n) is 8.83. The van der Waals surface area contributed by atoms with Gasteiger partial charge in [-0.25, -0.2) is 0 Å². The first kappa shape index (κ1) is 16.6. The number of aromatic nitrogens is 3. The van der Waals surface area contributed by atoms with Gasteiger partial charge in [0.15, 0.2) is 17.3 Å². The van der Waals surface area contributed by atoms with Crippen molar-refractivity contribution in [2.75, 3.05) is 32.2 Å². The number of piperidine rings is 1. The van der Waals surface area contributed by atoms with E-state index < -0.39 is 0 Å². The van der Waals surface area contributed by atoms with Crippen molar-refractivity contribution in [1.29, 1.82) is 0 Å². The zero-order valence-electron chi connectivity index (χ0n) is 15.1. The van der Waals surface area contributed by atoms with Gasteiger partial charge in [0.05, 0.1) is 20.4 Å². The van der Waals surface area contributed by atoms with Crippen molar-refractivity contribution >= 4 is 16.6 Å². The van der Waals surface area contributed by atoms with Gasteiger partial charge in [0.2, 0.25) is 0 Å². The molecule has 1 aliphatic rings. The van der Waals surface area contributed by atoms with Gasteiger partial charge in [-0.05, 0) is 37.1 Å². The van der Waals surface area contributed by atoms with Crippen LogP contribution in [-0.4, -0.2) is 42.5 Å². The highest BCUT2D eigenvalue weighted by atomic mass is 16.5. The number of nitrogens with zero attached hydrogens (tertiary/aromatic N) is 4. The highest BCUT2D eigenvalue weighted by Gasteiger charge is 2.24. The molecule has 1 fully saturated rings. The van der Waals surface area contributed by atoms with E-state index in [1.54, 1.807) is 20.4 Å². The Morgan fingerprint density at radius 2 is 1.81 bits per heavy atom. The van der Waals surface area contributed by atoms with E-state index in [1.165, 1.54) is 5.69 Å². The second-order valence-electron chi connectivity index (χ2n) is 6.48. The van der Waals surface area contributed by atoms with Crippen LogP contribution in [0.1, 0.15) is 24.5 Å². The number of fused-ring (bicyclic) bond motifs is 1. The molecule has 0 unspecified atom stereocenters. The molecule has 0 radical (unpaired) electrons. The summed E-state index contributed by atoms with van der Waals surface area (Å²) >= 11 is 0. The Hall–Kier alpha value is -2.89. The predicted octanol–water partition coefficient (Wildman–Crippen LogP) is 3.43. The molecule has 0 amide bonds. The molecule has 6 nitrogen and oxygen atoms in total. The van der Waals surface area contributed by atoms with Crippen LogP contribution in [0.25, 0.3) is 10.8 Å². The van der Waals surface area contributed by atoms with Crippen molar-refractivity contribution in [2.45, 2.75) is 18.8 Å². The van der Waals surface area contributed by atoms with E-state index >= 15 is 0 Å². The zero-order chi connectivity index (χ0) is 17.9. The summed E-state index contributed by atoms with van der Waals surface area (Å²) in [6.07, 6.45) is 5.75. The van der Waals surface area contributed by atoms with Crippen LogP contribution in [0.15, 0.2) is 42.7 Å². The van der Waals surface area contributed by atoms with Crippen molar-refractivity contribution in [2.24, 2.45) is 0 Å². The highest BCUT2D eigenvalue weighted by Crippen LogP contribution is 2.37. The third-order valence-electron chi connectivity index (χ3n) is 5.05. The molecule has 2 aromatic heterocycles. The monoisotopic (exact) mass is 350 g/mol. The second kappa shape index (κ2) is 7.15. The first-order valence-corrected chi connectivity index (χ1v) is 8.83. The molecule has 134 valence electrons. The lowest BCUT2D eigenvalue weighted by Gasteiger charge is -2.32. The van der Waals surface area contributed by atoms with Crippen LogP contribution in [-0.2, 0) is 0 Å². The molecule has 4 rings (SSSR count). The van der Waals surface area contributed by atoms with Crippen LogP contribution in [0, 0.1) is 0 Å². The normalized spacial score (nSPS) is 15.2. The summed E-state index contributed by atoms with van der Waals surface area (Å²) < 4.78 is 10.9. The van der Waals surface area contributed by atoms with Crippen LogP contribution in [0.2, 0.25) is 0 Å². The molecule has 0 atom stereocenters. The lowest BCUT2D eigenvalue weighted by atomic mass is 9.93. The number of hydrogen-bond acceptors (Lipinski definition) is 6. The molecule has 6 heteroatoms. The fourth-order valence-electron chi connectivity index (χ4n) is 3.63. The number of benzene rings is 1. The van der Waals surface area contributed by atoms with E-state index in [-0.39, 0.29) is 0 Å². The molecule has 0 N–H and O–H groups in total. The number of rotatable bonds is 4. The number of ether oxygens (including phenoxy) is 2. The Balaban J connectivity index is 1.61. The van der Waals surface area contributed by atoms with Crippen molar-refractivity contribution in [3.05, 3.63) is 48.4 Å². The maximum atomic E-state index is 5.46. The van der Waals surface area contributed by atoms with E-state index in [9.17, 15) is 0 Å². The van der Waals surface area contributed by atoms with E-state index in [2.05, 4.69) is 32.2 Å². The molecule has 0 aliphatic carbocycles. The van der Waals surface area contributed by atoms with Crippen LogP contribution < -0.4 is 14.4 Å². The maximum absolute atomic E-state index is 5.46. The smallest absolute Gasteiger partial charge is 0.161 e. The van der Waals surface area contributed by atoms with E-state index in [0.717, 1.165) is 42.5 Å². The van der Waals surface area contributed by atoms with E-state index in [1.807, 2.05) is 24.4 Å². The average Bonchev–Trinajstić information content (AvgIpc) is 2.73. The SMILES string of the molecule is COc1cc2cnnc(N3CCC(c4ccccn4)CC3)c2cc1OC. The zero-order valence-corrected chi connectivity index (χ0v) is 15.1. The van der Waals surface area contributed by atoms with Gasteiger partial charge in [-0.15, -0.1) is 5.10 Å². The summed E-state index contributed by atoms with van der Waals surface area (Å²) in [7, 11) is 3.29. The lowest BCUT2D eigenvalue weighted by Crippen LogP contribution is -2.34. The Bertz CT molecular complexity index is 893. The van der Waals surface area contributed by atoms with Crippen LogP contribution >= 0.6 is 0 Å². The minimum atomic E-state index is 0.505. The lowest BCUT2D eigenvalue weighted by molar-refractivity contribution is 0.356. The summed E-state index contributed by atoms with van der Waals surface area (Å²) in [6.45, 7) is 1.87. The molecule has 3 heterocycles. The fourth-order valence-corrected chi connectivity index (χ4v) is 3.63. The number of pyridine rings is 1. The Morgan fingerprint density at radius 1 is 1.04 bits per heavy atom. The number of hydrogen-bond donors (Lipinski definition) is 0. The van der Waals surface area contributed by atoms with Crippen molar-refractivity contribution in [3.8, 4) is 11.5 Å². The Kier molecular flexibility index (Phi) is 4.56. The van der Waals surface area contributed by atoms with Crippen LogP contribution in [0.3, 0.4) is 0 Å². The Labute approximate surface area is 152 Å². The molecule has 0 spiro atoms. The van der Waals surface area contributed by atoms with Gasteiger partial charge >= 0.3 is 0 Å². The predicted molar refractivity (Wildman–Crippen MR) is 101 cm³/mol. The second-order valence-corrected chi connectivity index (χ2v) is 6.48. The van der Waals surface area contributed by atoms with Gasteiger partial charge in [-0.1, -0.05) is 6.07 Å². The molecule has 26 heavy (non-hydrogen) atoms. The first-order chi connectivity index (χ1) is 12.8. The maximum Gasteiger partial charge on any atom is 0.161 e. The third-order valence-corrected chi connectivity index (χ3v) is 5.05. The van der Waals surface area contributed by atoms with Crippen molar-refractivity contribution in [3.63, 3.8) is 0 Å². The molecular weight excluding hydrogens is 328 g/mol. The molecule has 3 aromatic rings. The molecule has 1 saturated heterocycles. The van der Waals surface area contributed by atoms with Crippen molar-refractivity contribution in [1.82, 2.24) is 15.2 Å². The summed E-state index contributed by atoms with van der Waals surface area (Å²) in [5, 5.41) is 10.7. The van der Waals surface area contributed by atoms with Crippen molar-refractivity contribution < 1.29 is 9.47 Å². The minimum absolute atomic E-state index is 0.505. The Morgan fingerprint density at radius 3 is 2.50 bits per heavy atom.